The summed E-state index contributed by atoms with van der Waals surface area (Å²) in [7, 11) is 4.42. The molecule has 0 amide bonds. The number of esters is 8. The number of fused-ring (bicyclic) bond motifs is 1. The Bertz CT molecular complexity index is 1900. The van der Waals surface area contributed by atoms with Gasteiger partial charge in [0.25, 0.3) is 0 Å². The first-order valence-electron chi connectivity index (χ1n) is 15.0. The maximum atomic E-state index is 12.9. The van der Waals surface area contributed by atoms with Gasteiger partial charge in [-0.15, -0.1) is 0 Å². The fraction of sp³-hybridized carbons (Fsp3) is 0.194. The van der Waals surface area contributed by atoms with Crippen molar-refractivity contribution in [2.75, 3.05) is 28.4 Å². The number of benzene rings is 2. The van der Waals surface area contributed by atoms with Gasteiger partial charge in [0.1, 0.15) is 29.1 Å². The molecule has 0 N–H and O–H groups in total. The SMILES string of the molecule is [CH2]c1ccc([C@H]2Oc3cc(OC(=O)/C=C/C(=O)OC)cc(OC(=O)/C=C/C(=O)OC)c3C[C@H]2OC(=O)/C=C/C(=O)OC)cc1OC(=O)/C=C/C(=O)OC. The van der Waals surface area contributed by atoms with Crippen LogP contribution >= 0.6 is 0 Å². The van der Waals surface area contributed by atoms with E-state index in [4.69, 9.17) is 23.7 Å². The molecule has 1 radical (unpaired) electrons. The first-order valence-corrected chi connectivity index (χ1v) is 15.0. The van der Waals surface area contributed by atoms with E-state index in [1.165, 1.54) is 24.3 Å². The lowest BCUT2D eigenvalue weighted by atomic mass is 9.93. The van der Waals surface area contributed by atoms with Crippen LogP contribution in [0.25, 0.3) is 0 Å². The van der Waals surface area contributed by atoms with Crippen LogP contribution in [0.2, 0.25) is 0 Å². The molecule has 17 heteroatoms. The number of carbonyl (C=O) groups excluding carboxylic acids is 8. The summed E-state index contributed by atoms with van der Waals surface area (Å²) in [4.78, 5) is 96.5. The van der Waals surface area contributed by atoms with Crippen LogP contribution in [0.3, 0.4) is 0 Å². The maximum absolute atomic E-state index is 12.9. The molecule has 1 aliphatic rings. The molecule has 2 atom stereocenters. The van der Waals surface area contributed by atoms with E-state index in [1.54, 1.807) is 0 Å². The van der Waals surface area contributed by atoms with Crippen molar-refractivity contribution < 1.29 is 81.0 Å². The van der Waals surface area contributed by atoms with Crippen LogP contribution < -0.4 is 18.9 Å². The second-order valence-electron chi connectivity index (χ2n) is 10.2. The van der Waals surface area contributed by atoms with Gasteiger partial charge in [-0.1, -0.05) is 12.1 Å². The third kappa shape index (κ3) is 12.4. The number of ether oxygens (including phenoxy) is 9. The van der Waals surface area contributed by atoms with Crippen LogP contribution in [0.1, 0.15) is 22.8 Å². The van der Waals surface area contributed by atoms with Crippen molar-refractivity contribution in [3.8, 4) is 23.0 Å². The molecule has 0 aromatic heterocycles. The van der Waals surface area contributed by atoms with E-state index in [9.17, 15) is 38.4 Å². The Morgan fingerprint density at radius 3 is 1.55 bits per heavy atom. The average Bonchev–Trinajstić information content (AvgIpc) is 3.14. The van der Waals surface area contributed by atoms with Crippen LogP contribution in [0.5, 0.6) is 23.0 Å². The van der Waals surface area contributed by atoms with Crippen molar-refractivity contribution >= 4 is 47.8 Å². The highest BCUT2D eigenvalue weighted by molar-refractivity contribution is 5.94. The minimum absolute atomic E-state index is 0.0485. The van der Waals surface area contributed by atoms with Gasteiger partial charge >= 0.3 is 47.8 Å². The number of rotatable bonds is 13. The van der Waals surface area contributed by atoms with Crippen molar-refractivity contribution in [3.63, 3.8) is 0 Å². The summed E-state index contributed by atoms with van der Waals surface area (Å²) < 4.78 is 45.9. The van der Waals surface area contributed by atoms with Crippen LogP contribution in [0.15, 0.2) is 78.9 Å². The summed E-state index contributed by atoms with van der Waals surface area (Å²) in [6.07, 6.45) is 3.76. The molecule has 0 aliphatic carbocycles. The molecule has 0 saturated heterocycles. The van der Waals surface area contributed by atoms with Gasteiger partial charge in [-0.25, -0.2) is 38.4 Å². The van der Waals surface area contributed by atoms with Crippen molar-refractivity contribution in [2.45, 2.75) is 18.6 Å². The standard InChI is InChI=1S/C36H31O17/c1-20-6-7-21(16-24(20)50-33(42)13-9-29(38)46-3)36-27(52-35(44)15-11-31(40)48-5)19-23-25(51-34(43)14-10-30(39)47-4)17-22(18-26(23)53-36)49-32(41)12-8-28(37)45-2/h6-18,27,36H,1,19H2,2-5H3/b12-8+,13-9+,14-10+,15-11+/t27-,36-/m1/s1. The minimum atomic E-state index is -1.24. The van der Waals surface area contributed by atoms with Gasteiger partial charge in [0.05, 0.1) is 28.4 Å². The highest BCUT2D eigenvalue weighted by atomic mass is 16.6. The Kier molecular flexibility index (Phi) is 14.8. The van der Waals surface area contributed by atoms with Crippen molar-refractivity contribution in [1.82, 2.24) is 0 Å². The van der Waals surface area contributed by atoms with E-state index in [1.807, 2.05) is 0 Å². The van der Waals surface area contributed by atoms with Crippen LogP contribution in [-0.4, -0.2) is 82.3 Å². The molecule has 2 aromatic carbocycles. The van der Waals surface area contributed by atoms with Gasteiger partial charge in [0.15, 0.2) is 6.10 Å². The first kappa shape index (κ1) is 40.4. The summed E-state index contributed by atoms with van der Waals surface area (Å²) in [6.45, 7) is 3.83. The number of methoxy groups -OCH3 is 4. The highest BCUT2D eigenvalue weighted by Crippen LogP contribution is 2.44. The van der Waals surface area contributed by atoms with Gasteiger partial charge in [-0.3, -0.25) is 0 Å². The smallest absolute Gasteiger partial charge is 0.336 e. The Morgan fingerprint density at radius 2 is 1.04 bits per heavy atom. The van der Waals surface area contributed by atoms with E-state index in [0.29, 0.717) is 0 Å². The summed E-state index contributed by atoms with van der Waals surface area (Å²) in [5.74, 6) is -8.03. The fourth-order valence-corrected chi connectivity index (χ4v) is 4.24. The molecule has 0 fully saturated rings. The third-order valence-corrected chi connectivity index (χ3v) is 6.69. The van der Waals surface area contributed by atoms with Gasteiger partial charge in [-0.2, -0.15) is 0 Å². The fourth-order valence-electron chi connectivity index (χ4n) is 4.24. The summed E-state index contributed by atoms with van der Waals surface area (Å²) in [5, 5.41) is 0. The molecule has 0 spiro atoms. The summed E-state index contributed by atoms with van der Waals surface area (Å²) in [6, 6.07) is 6.71. The second-order valence-corrected chi connectivity index (χ2v) is 10.2. The van der Waals surface area contributed by atoms with Crippen molar-refractivity contribution in [1.29, 1.82) is 0 Å². The van der Waals surface area contributed by atoms with Gasteiger partial charge in [0, 0.05) is 72.7 Å². The van der Waals surface area contributed by atoms with Gasteiger partial charge in [0.2, 0.25) is 0 Å². The van der Waals surface area contributed by atoms with Gasteiger partial charge in [-0.05, 0) is 24.1 Å². The summed E-state index contributed by atoms with van der Waals surface area (Å²) in [5.41, 5.74) is 0.609. The largest absolute Gasteiger partial charge is 0.481 e. The topological polar surface area (TPSA) is 220 Å². The van der Waals surface area contributed by atoms with E-state index in [2.05, 4.69) is 25.9 Å². The highest BCUT2D eigenvalue weighted by Gasteiger charge is 2.37. The predicted molar refractivity (Wildman–Crippen MR) is 176 cm³/mol. The third-order valence-electron chi connectivity index (χ3n) is 6.69. The van der Waals surface area contributed by atoms with Crippen LogP contribution in [0, 0.1) is 6.92 Å². The van der Waals surface area contributed by atoms with E-state index >= 15 is 0 Å². The molecule has 0 bridgehead atoms. The zero-order chi connectivity index (χ0) is 39.1. The normalized spacial score (nSPS) is 14.9. The van der Waals surface area contributed by atoms with E-state index in [-0.39, 0.29) is 46.1 Å². The quantitative estimate of drug-likeness (QED) is 0.124. The Morgan fingerprint density at radius 1 is 0.585 bits per heavy atom. The molecule has 3 rings (SSSR count). The molecule has 277 valence electrons. The van der Waals surface area contributed by atoms with E-state index < -0.39 is 60.0 Å². The van der Waals surface area contributed by atoms with Crippen LogP contribution in [0.4, 0.5) is 0 Å². The number of hydrogen-bond acceptors (Lipinski definition) is 17. The maximum Gasteiger partial charge on any atom is 0.336 e. The molecular weight excluding hydrogens is 704 g/mol. The molecule has 1 aliphatic heterocycles. The molecule has 2 aromatic rings. The zero-order valence-electron chi connectivity index (χ0n) is 28.5. The summed E-state index contributed by atoms with van der Waals surface area (Å²) >= 11 is 0. The molecular formula is C36H31O17. The number of hydrogen-bond donors (Lipinski definition) is 0. The van der Waals surface area contributed by atoms with Crippen LogP contribution in [-0.2, 0) is 68.5 Å². The zero-order valence-corrected chi connectivity index (χ0v) is 28.5. The predicted octanol–water partition coefficient (Wildman–Crippen LogP) is 2.09. The Hall–Kier alpha value is -7.04. The average molecular weight is 736 g/mol. The molecule has 0 unspecified atom stereocenters. The Labute approximate surface area is 301 Å². The minimum Gasteiger partial charge on any atom is -0.481 e. The molecule has 1 heterocycles. The van der Waals surface area contributed by atoms with Crippen molar-refractivity contribution in [2.24, 2.45) is 0 Å². The molecule has 17 nitrogen and oxygen atoms in total. The Balaban J connectivity index is 2.12. The van der Waals surface area contributed by atoms with E-state index in [0.717, 1.165) is 83.1 Å². The molecule has 0 saturated carbocycles. The lowest BCUT2D eigenvalue weighted by molar-refractivity contribution is -0.149. The second kappa shape index (κ2) is 19.4. The van der Waals surface area contributed by atoms with Gasteiger partial charge < -0.3 is 42.6 Å². The lowest BCUT2D eigenvalue weighted by Gasteiger charge is -2.34. The monoisotopic (exact) mass is 735 g/mol. The van der Waals surface area contributed by atoms with Crippen molar-refractivity contribution in [3.05, 3.63) is 103 Å². The molecule has 53 heavy (non-hydrogen) atoms. The first-order chi connectivity index (χ1) is 25.3. The number of carbonyl (C=O) groups is 8. The lowest BCUT2D eigenvalue weighted by Crippen LogP contribution is -2.35.